The summed E-state index contributed by atoms with van der Waals surface area (Å²) in [5, 5.41) is 0. The standard InChI is InChI=1S/C7H9.ClH.Zr/c1-6-4-3-5-7(6)2;;/h4H,3H2,1-2H3;1H;/q-1;;. The van der Waals surface area contributed by atoms with E-state index in [1.165, 1.54) is 11.1 Å². The minimum atomic E-state index is 0. The van der Waals surface area contributed by atoms with Crippen molar-refractivity contribution in [2.24, 2.45) is 0 Å². The first-order valence-electron chi connectivity index (χ1n) is 2.55. The molecule has 0 unspecified atom stereocenters. The Bertz CT molecular complexity index is 120. The van der Waals surface area contributed by atoms with Gasteiger partial charge in [-0.1, -0.05) is 6.92 Å². The van der Waals surface area contributed by atoms with E-state index in [-0.39, 0.29) is 38.6 Å². The Balaban J connectivity index is 0. The minimum absolute atomic E-state index is 0. The molecule has 0 nitrogen and oxygen atoms in total. The van der Waals surface area contributed by atoms with Crippen LogP contribution in [-0.4, -0.2) is 0 Å². The second-order valence-electron chi connectivity index (χ2n) is 1.89. The van der Waals surface area contributed by atoms with Crippen molar-refractivity contribution in [2.45, 2.75) is 20.3 Å². The van der Waals surface area contributed by atoms with E-state index in [1.807, 2.05) is 0 Å². The number of hydrogen-bond donors (Lipinski definition) is 0. The zero-order chi connectivity index (χ0) is 5.28. The monoisotopic (exact) mass is 219 g/mol. The Morgan fingerprint density at radius 2 is 2.00 bits per heavy atom. The van der Waals surface area contributed by atoms with Crippen LogP contribution in [-0.2, 0) is 26.2 Å². The second kappa shape index (κ2) is 5.44. The summed E-state index contributed by atoms with van der Waals surface area (Å²) in [5.41, 5.74) is 2.71. The van der Waals surface area contributed by atoms with Crippen LogP contribution in [0.15, 0.2) is 17.2 Å². The molecule has 9 heavy (non-hydrogen) atoms. The van der Waals surface area contributed by atoms with Crippen molar-refractivity contribution in [3.05, 3.63) is 23.3 Å². The fourth-order valence-electron chi connectivity index (χ4n) is 0.650. The average molecular weight is 221 g/mol. The van der Waals surface area contributed by atoms with E-state index < -0.39 is 0 Å². The molecule has 0 aromatic heterocycles. The molecule has 0 saturated carbocycles. The molecule has 0 amide bonds. The van der Waals surface area contributed by atoms with Crippen LogP contribution >= 0.6 is 12.4 Å². The Morgan fingerprint density at radius 3 is 2.11 bits per heavy atom. The van der Waals surface area contributed by atoms with Crippen LogP contribution in [0.4, 0.5) is 0 Å². The molecular formula is C7H10ClZr-. The number of hydrogen-bond acceptors (Lipinski definition) is 0. The SMILES string of the molecule is CC1=[C-]CC=C1C.Cl.[Zr]. The van der Waals surface area contributed by atoms with Crippen molar-refractivity contribution in [2.75, 3.05) is 0 Å². The summed E-state index contributed by atoms with van der Waals surface area (Å²) in [7, 11) is 0. The summed E-state index contributed by atoms with van der Waals surface area (Å²) < 4.78 is 0. The van der Waals surface area contributed by atoms with Crippen molar-refractivity contribution in [3.63, 3.8) is 0 Å². The van der Waals surface area contributed by atoms with E-state index in [0.717, 1.165) is 6.42 Å². The number of allylic oxidation sites excluding steroid dienone is 4. The maximum absolute atomic E-state index is 3.19. The van der Waals surface area contributed by atoms with E-state index in [2.05, 4.69) is 26.0 Å². The molecule has 1 aliphatic rings. The van der Waals surface area contributed by atoms with Gasteiger partial charge in [0.15, 0.2) is 0 Å². The molecular weight excluding hydrogens is 211 g/mol. The molecule has 0 radical (unpaired) electrons. The van der Waals surface area contributed by atoms with E-state index in [1.54, 1.807) is 0 Å². The van der Waals surface area contributed by atoms with Gasteiger partial charge in [-0.15, -0.1) is 25.8 Å². The summed E-state index contributed by atoms with van der Waals surface area (Å²) in [6.07, 6.45) is 6.41. The topological polar surface area (TPSA) is 0 Å². The first-order valence-corrected chi connectivity index (χ1v) is 2.55. The van der Waals surface area contributed by atoms with Gasteiger partial charge in [-0.05, 0) is 0 Å². The van der Waals surface area contributed by atoms with Crippen LogP contribution in [0.3, 0.4) is 0 Å². The van der Waals surface area contributed by atoms with Gasteiger partial charge in [0.25, 0.3) is 0 Å². The van der Waals surface area contributed by atoms with Gasteiger partial charge >= 0.3 is 0 Å². The van der Waals surface area contributed by atoms with Crippen molar-refractivity contribution in [1.29, 1.82) is 0 Å². The van der Waals surface area contributed by atoms with Gasteiger partial charge < -0.3 is 0 Å². The maximum atomic E-state index is 3.19. The molecule has 0 bridgehead atoms. The van der Waals surface area contributed by atoms with E-state index in [0.29, 0.717) is 0 Å². The molecule has 2 heteroatoms. The second-order valence-corrected chi connectivity index (χ2v) is 1.89. The quantitative estimate of drug-likeness (QED) is 0.551. The maximum Gasteiger partial charge on any atom is 0 e. The van der Waals surface area contributed by atoms with Crippen LogP contribution in [0.1, 0.15) is 20.3 Å². The molecule has 0 aromatic carbocycles. The van der Waals surface area contributed by atoms with Gasteiger partial charge in [-0.25, -0.2) is 11.1 Å². The minimum Gasteiger partial charge on any atom is -0.270 e. The Kier molecular flexibility index (Phi) is 7.46. The van der Waals surface area contributed by atoms with Gasteiger partial charge in [0.2, 0.25) is 0 Å². The molecule has 0 aliphatic heterocycles. The van der Waals surface area contributed by atoms with Gasteiger partial charge in [-0.3, -0.25) is 6.08 Å². The molecule has 0 aromatic rings. The predicted octanol–water partition coefficient (Wildman–Crippen LogP) is 2.51. The third-order valence-electron chi connectivity index (χ3n) is 1.37. The fraction of sp³-hybridized carbons (Fsp3) is 0.429. The summed E-state index contributed by atoms with van der Waals surface area (Å²) in [6.45, 7) is 4.22. The summed E-state index contributed by atoms with van der Waals surface area (Å²) in [6, 6.07) is 0. The normalized spacial score (nSPS) is 14.9. The van der Waals surface area contributed by atoms with Crippen LogP contribution in [0, 0.1) is 6.08 Å². The van der Waals surface area contributed by atoms with Gasteiger partial charge in [0.05, 0.1) is 0 Å². The van der Waals surface area contributed by atoms with Crippen molar-refractivity contribution in [1.82, 2.24) is 0 Å². The molecule has 0 heterocycles. The van der Waals surface area contributed by atoms with Gasteiger partial charge in [0.1, 0.15) is 0 Å². The Labute approximate surface area is 81.9 Å². The summed E-state index contributed by atoms with van der Waals surface area (Å²) >= 11 is 0. The van der Waals surface area contributed by atoms with Gasteiger partial charge in [0, 0.05) is 26.2 Å². The zero-order valence-electron chi connectivity index (χ0n) is 5.69. The number of rotatable bonds is 0. The van der Waals surface area contributed by atoms with Crippen LogP contribution in [0.25, 0.3) is 0 Å². The van der Waals surface area contributed by atoms with Gasteiger partial charge in [-0.2, -0.15) is 6.08 Å². The van der Waals surface area contributed by atoms with Crippen LogP contribution < -0.4 is 0 Å². The summed E-state index contributed by atoms with van der Waals surface area (Å²) in [5.74, 6) is 0. The first kappa shape index (κ1) is 12.3. The molecule has 0 spiro atoms. The van der Waals surface area contributed by atoms with Crippen molar-refractivity contribution < 1.29 is 26.2 Å². The third-order valence-corrected chi connectivity index (χ3v) is 1.37. The molecule has 0 fully saturated rings. The average Bonchev–Trinajstić information content (AvgIpc) is 1.91. The van der Waals surface area contributed by atoms with E-state index >= 15 is 0 Å². The van der Waals surface area contributed by atoms with Crippen LogP contribution in [0.2, 0.25) is 0 Å². The van der Waals surface area contributed by atoms with Crippen molar-refractivity contribution >= 4 is 12.4 Å². The molecule has 1 aliphatic carbocycles. The molecule has 1 rings (SSSR count). The molecule has 50 valence electrons. The summed E-state index contributed by atoms with van der Waals surface area (Å²) in [4.78, 5) is 0. The van der Waals surface area contributed by atoms with E-state index in [9.17, 15) is 0 Å². The zero-order valence-corrected chi connectivity index (χ0v) is 8.97. The third kappa shape index (κ3) is 3.37. The molecule has 0 N–H and O–H groups in total. The van der Waals surface area contributed by atoms with Crippen LogP contribution in [0.5, 0.6) is 0 Å². The largest absolute Gasteiger partial charge is 0.270 e. The smallest absolute Gasteiger partial charge is 0 e. The molecule has 0 atom stereocenters. The Hall–Kier alpha value is 0.653. The first-order chi connectivity index (χ1) is 3.30. The van der Waals surface area contributed by atoms with E-state index in [4.69, 9.17) is 0 Å². The Morgan fingerprint density at radius 1 is 1.44 bits per heavy atom. The predicted molar refractivity (Wildman–Crippen MR) is 38.1 cm³/mol. The number of halogens is 1. The van der Waals surface area contributed by atoms with Crippen molar-refractivity contribution in [3.8, 4) is 0 Å². The molecule has 0 saturated heterocycles. The fourth-order valence-corrected chi connectivity index (χ4v) is 0.650.